The second-order valence-corrected chi connectivity index (χ2v) is 7.18. The van der Waals surface area contributed by atoms with Gasteiger partial charge in [0.25, 0.3) is 0 Å². The fraction of sp³-hybridized carbons (Fsp3) is 0.167. The van der Waals surface area contributed by atoms with Gasteiger partial charge in [0.1, 0.15) is 12.6 Å². The Labute approximate surface area is 174 Å². The SMILES string of the molecule is O=C(NNC(Cc1ccccc1)C(=O)O)OCC1c2ccccc2-c2ccccc21. The van der Waals surface area contributed by atoms with Gasteiger partial charge in [0.2, 0.25) is 0 Å². The monoisotopic (exact) mass is 402 g/mol. The maximum absolute atomic E-state index is 12.2. The maximum atomic E-state index is 12.2. The summed E-state index contributed by atoms with van der Waals surface area (Å²) in [6.07, 6.45) is -0.476. The van der Waals surface area contributed by atoms with Crippen molar-refractivity contribution in [1.82, 2.24) is 10.9 Å². The lowest BCUT2D eigenvalue weighted by atomic mass is 9.98. The molecule has 30 heavy (non-hydrogen) atoms. The molecule has 3 aromatic carbocycles. The van der Waals surface area contributed by atoms with Gasteiger partial charge in [0.05, 0.1) is 0 Å². The summed E-state index contributed by atoms with van der Waals surface area (Å²) in [4.78, 5) is 23.7. The third-order valence-electron chi connectivity index (χ3n) is 5.27. The highest BCUT2D eigenvalue weighted by Crippen LogP contribution is 2.44. The molecule has 0 aromatic heterocycles. The number of hydrazine groups is 1. The number of carboxylic acids is 1. The third kappa shape index (κ3) is 4.18. The quantitative estimate of drug-likeness (QED) is 0.524. The highest BCUT2D eigenvalue weighted by Gasteiger charge is 2.29. The van der Waals surface area contributed by atoms with E-state index in [9.17, 15) is 14.7 Å². The number of carbonyl (C=O) groups is 2. The first-order valence-electron chi connectivity index (χ1n) is 9.76. The van der Waals surface area contributed by atoms with Crippen molar-refractivity contribution in [3.05, 3.63) is 95.6 Å². The van der Waals surface area contributed by atoms with Gasteiger partial charge < -0.3 is 9.84 Å². The zero-order valence-electron chi connectivity index (χ0n) is 16.2. The Morgan fingerprint density at radius 1 is 0.867 bits per heavy atom. The van der Waals surface area contributed by atoms with Crippen LogP contribution in [0, 0.1) is 0 Å². The number of hydrogen-bond acceptors (Lipinski definition) is 4. The van der Waals surface area contributed by atoms with Crippen LogP contribution in [-0.4, -0.2) is 29.8 Å². The van der Waals surface area contributed by atoms with Crippen LogP contribution in [0.4, 0.5) is 4.79 Å². The van der Waals surface area contributed by atoms with Crippen molar-refractivity contribution in [2.24, 2.45) is 0 Å². The first-order chi connectivity index (χ1) is 14.6. The van der Waals surface area contributed by atoms with Gasteiger partial charge in [-0.15, -0.1) is 0 Å². The molecular formula is C24H22N2O4. The Kier molecular flexibility index (Phi) is 5.77. The number of carbonyl (C=O) groups excluding carboxylic acids is 1. The molecule has 0 saturated heterocycles. The zero-order valence-corrected chi connectivity index (χ0v) is 16.2. The van der Waals surface area contributed by atoms with Gasteiger partial charge in [-0.05, 0) is 27.8 Å². The number of nitrogens with one attached hydrogen (secondary N) is 2. The highest BCUT2D eigenvalue weighted by molar-refractivity contribution is 5.79. The van der Waals surface area contributed by atoms with Crippen LogP contribution in [0.25, 0.3) is 11.1 Å². The number of rotatable bonds is 7. The number of benzene rings is 3. The molecule has 0 aliphatic heterocycles. The number of carboxylic acid groups (broad SMARTS) is 1. The van der Waals surface area contributed by atoms with Crippen LogP contribution in [0.1, 0.15) is 22.6 Å². The summed E-state index contributed by atoms with van der Waals surface area (Å²) in [6, 6.07) is 24.4. The second-order valence-electron chi connectivity index (χ2n) is 7.18. The Bertz CT molecular complexity index is 1010. The van der Waals surface area contributed by atoms with Crippen molar-refractivity contribution < 1.29 is 19.4 Å². The number of ether oxygens (including phenoxy) is 1. The molecule has 0 bridgehead atoms. The van der Waals surface area contributed by atoms with Crippen molar-refractivity contribution >= 4 is 12.1 Å². The second kappa shape index (κ2) is 8.80. The molecular weight excluding hydrogens is 380 g/mol. The van der Waals surface area contributed by atoms with Crippen LogP contribution in [0.2, 0.25) is 0 Å². The predicted molar refractivity (Wildman–Crippen MR) is 113 cm³/mol. The highest BCUT2D eigenvalue weighted by atomic mass is 16.6. The molecule has 4 rings (SSSR count). The van der Waals surface area contributed by atoms with E-state index in [-0.39, 0.29) is 18.9 Å². The van der Waals surface area contributed by atoms with E-state index in [0.717, 1.165) is 27.8 Å². The summed E-state index contributed by atoms with van der Waals surface area (Å²) in [6.45, 7) is 0.165. The Hall–Kier alpha value is -3.64. The topological polar surface area (TPSA) is 87.7 Å². The minimum atomic E-state index is -1.06. The van der Waals surface area contributed by atoms with Crippen molar-refractivity contribution in [2.45, 2.75) is 18.4 Å². The standard InChI is InChI=1S/C24H22N2O4/c27-23(28)22(14-16-8-2-1-3-9-16)25-26-24(29)30-15-21-19-12-6-4-10-17(19)18-11-5-7-13-20(18)21/h1-13,21-22,25H,14-15H2,(H,26,29)(H,27,28). The minimum absolute atomic E-state index is 0.0530. The Morgan fingerprint density at radius 3 is 2.03 bits per heavy atom. The van der Waals surface area contributed by atoms with Gasteiger partial charge >= 0.3 is 12.1 Å². The van der Waals surface area contributed by atoms with E-state index in [4.69, 9.17) is 4.74 Å². The summed E-state index contributed by atoms with van der Waals surface area (Å²) in [5.74, 6) is -1.11. The van der Waals surface area contributed by atoms with E-state index in [2.05, 4.69) is 23.0 Å². The van der Waals surface area contributed by atoms with Crippen LogP contribution < -0.4 is 10.9 Å². The van der Waals surface area contributed by atoms with Gasteiger partial charge in [-0.2, -0.15) is 0 Å². The van der Waals surface area contributed by atoms with Gasteiger partial charge in [0, 0.05) is 12.3 Å². The van der Waals surface area contributed by atoms with Crippen LogP contribution in [0.3, 0.4) is 0 Å². The fourth-order valence-corrected chi connectivity index (χ4v) is 3.83. The van der Waals surface area contributed by atoms with Crippen molar-refractivity contribution in [1.29, 1.82) is 0 Å². The van der Waals surface area contributed by atoms with E-state index < -0.39 is 18.1 Å². The molecule has 3 N–H and O–H groups in total. The van der Waals surface area contributed by atoms with Crippen molar-refractivity contribution in [3.8, 4) is 11.1 Å². The Balaban J connectivity index is 1.36. The minimum Gasteiger partial charge on any atom is -0.480 e. The molecule has 0 saturated carbocycles. The van der Waals surface area contributed by atoms with Crippen molar-refractivity contribution in [3.63, 3.8) is 0 Å². The Morgan fingerprint density at radius 2 is 1.43 bits per heavy atom. The third-order valence-corrected chi connectivity index (χ3v) is 5.27. The number of amides is 1. The number of aliphatic carboxylic acids is 1. The van der Waals surface area contributed by atoms with E-state index in [1.165, 1.54) is 0 Å². The smallest absolute Gasteiger partial charge is 0.421 e. The molecule has 1 aliphatic rings. The number of fused-ring (bicyclic) bond motifs is 3. The number of hydrogen-bond donors (Lipinski definition) is 3. The normalized spacial score (nSPS) is 13.2. The summed E-state index contributed by atoms with van der Waals surface area (Å²) < 4.78 is 5.41. The van der Waals surface area contributed by atoms with Crippen LogP contribution in [0.15, 0.2) is 78.9 Å². The van der Waals surface area contributed by atoms with Gasteiger partial charge in [-0.25, -0.2) is 10.2 Å². The van der Waals surface area contributed by atoms with E-state index in [1.54, 1.807) is 0 Å². The van der Waals surface area contributed by atoms with Gasteiger partial charge in [-0.1, -0.05) is 78.9 Å². The van der Waals surface area contributed by atoms with E-state index in [0.29, 0.717) is 0 Å². The molecule has 1 amide bonds. The summed E-state index contributed by atoms with van der Waals surface area (Å²) in [7, 11) is 0. The van der Waals surface area contributed by atoms with Crippen molar-refractivity contribution in [2.75, 3.05) is 6.61 Å². The van der Waals surface area contributed by atoms with E-state index >= 15 is 0 Å². The molecule has 1 aliphatic carbocycles. The lowest BCUT2D eigenvalue weighted by molar-refractivity contribution is -0.139. The molecule has 1 unspecified atom stereocenters. The molecule has 1 atom stereocenters. The van der Waals surface area contributed by atoms with Gasteiger partial charge in [0.15, 0.2) is 0 Å². The lowest BCUT2D eigenvalue weighted by Gasteiger charge is -2.17. The predicted octanol–water partition coefficient (Wildman–Crippen LogP) is 3.73. The molecule has 3 aromatic rings. The molecule has 0 fully saturated rings. The summed E-state index contributed by atoms with van der Waals surface area (Å²) >= 11 is 0. The zero-order chi connectivity index (χ0) is 20.9. The van der Waals surface area contributed by atoms with Crippen LogP contribution >= 0.6 is 0 Å². The molecule has 0 spiro atoms. The summed E-state index contributed by atoms with van der Waals surface area (Å²) in [5, 5.41) is 9.41. The summed E-state index contributed by atoms with van der Waals surface area (Å²) in [5.41, 5.74) is 10.3. The molecule has 6 nitrogen and oxygen atoms in total. The maximum Gasteiger partial charge on any atom is 0.421 e. The fourth-order valence-electron chi connectivity index (χ4n) is 3.83. The first kappa shape index (κ1) is 19.7. The van der Waals surface area contributed by atoms with Crippen LogP contribution in [-0.2, 0) is 16.0 Å². The molecule has 0 radical (unpaired) electrons. The average molecular weight is 402 g/mol. The molecule has 0 heterocycles. The molecule has 6 heteroatoms. The van der Waals surface area contributed by atoms with E-state index in [1.807, 2.05) is 66.7 Å². The van der Waals surface area contributed by atoms with Crippen LogP contribution in [0.5, 0.6) is 0 Å². The first-order valence-corrected chi connectivity index (χ1v) is 9.76. The average Bonchev–Trinajstić information content (AvgIpc) is 3.09. The van der Waals surface area contributed by atoms with Gasteiger partial charge in [-0.3, -0.25) is 10.2 Å². The largest absolute Gasteiger partial charge is 0.480 e. The molecule has 152 valence electrons. The lowest BCUT2D eigenvalue weighted by Crippen LogP contribution is -2.49.